The first-order valence-electron chi connectivity index (χ1n) is 8.77. The molecule has 0 saturated heterocycles. The first kappa shape index (κ1) is 17.4. The maximum Gasteiger partial charge on any atom is 0.278 e. The van der Waals surface area contributed by atoms with E-state index in [2.05, 4.69) is 20.4 Å². The van der Waals surface area contributed by atoms with Gasteiger partial charge in [-0.15, -0.1) is 0 Å². The molecule has 26 heavy (non-hydrogen) atoms. The summed E-state index contributed by atoms with van der Waals surface area (Å²) in [6.45, 7) is 0.474. The van der Waals surface area contributed by atoms with Crippen molar-refractivity contribution in [2.45, 2.75) is 44.7 Å². The molecule has 8 heteroatoms. The number of anilines is 1. The van der Waals surface area contributed by atoms with Gasteiger partial charge < -0.3 is 5.32 Å². The number of aromatic amines is 1. The second kappa shape index (κ2) is 7.29. The molecule has 136 valence electrons. The molecule has 1 aliphatic rings. The second-order valence-electron chi connectivity index (χ2n) is 6.63. The Hall–Kier alpha value is -2.05. The van der Waals surface area contributed by atoms with E-state index in [1.165, 1.54) is 19.3 Å². The molecule has 4 rings (SSSR count). The van der Waals surface area contributed by atoms with E-state index in [1.54, 1.807) is 18.3 Å². The van der Waals surface area contributed by atoms with Crippen molar-refractivity contribution in [1.82, 2.24) is 19.7 Å². The van der Waals surface area contributed by atoms with Crippen molar-refractivity contribution < 1.29 is 0 Å². The lowest BCUT2D eigenvalue weighted by molar-refractivity contribution is 0.336. The SMILES string of the molecule is O=c1[nH]c(NCc2ccc(Cl)c(Cl)c2)nc2cnn(C3CCCCC3)c12. The number of H-pyrrole nitrogens is 1. The van der Waals surface area contributed by atoms with Crippen LogP contribution in [0.5, 0.6) is 0 Å². The third-order valence-corrected chi connectivity index (χ3v) is 5.56. The molecule has 6 nitrogen and oxygen atoms in total. The summed E-state index contributed by atoms with van der Waals surface area (Å²) in [5.41, 5.74) is 1.93. The third kappa shape index (κ3) is 3.44. The van der Waals surface area contributed by atoms with Gasteiger partial charge in [-0.2, -0.15) is 5.10 Å². The van der Waals surface area contributed by atoms with Crippen molar-refractivity contribution in [3.8, 4) is 0 Å². The molecule has 1 aromatic carbocycles. The number of nitrogens with zero attached hydrogens (tertiary/aromatic N) is 3. The summed E-state index contributed by atoms with van der Waals surface area (Å²) < 4.78 is 1.85. The Morgan fingerprint density at radius 1 is 1.19 bits per heavy atom. The van der Waals surface area contributed by atoms with Crippen LogP contribution < -0.4 is 10.9 Å². The lowest BCUT2D eigenvalue weighted by Crippen LogP contribution is -2.20. The molecule has 3 aromatic rings. The van der Waals surface area contributed by atoms with Crippen molar-refractivity contribution in [2.24, 2.45) is 0 Å². The van der Waals surface area contributed by atoms with Crippen LogP contribution in [0.2, 0.25) is 10.0 Å². The summed E-state index contributed by atoms with van der Waals surface area (Å²) >= 11 is 12.0. The van der Waals surface area contributed by atoms with Gasteiger partial charge in [0.2, 0.25) is 5.95 Å². The smallest absolute Gasteiger partial charge is 0.278 e. The molecule has 0 atom stereocenters. The molecule has 1 aliphatic carbocycles. The molecule has 0 radical (unpaired) electrons. The van der Waals surface area contributed by atoms with Gasteiger partial charge in [0.1, 0.15) is 5.52 Å². The number of halogens is 2. The lowest BCUT2D eigenvalue weighted by atomic mass is 9.95. The molecule has 0 bridgehead atoms. The van der Waals surface area contributed by atoms with Gasteiger partial charge in [-0.1, -0.05) is 48.5 Å². The van der Waals surface area contributed by atoms with Crippen LogP contribution in [0, 0.1) is 0 Å². The quantitative estimate of drug-likeness (QED) is 0.683. The van der Waals surface area contributed by atoms with E-state index in [0.717, 1.165) is 18.4 Å². The van der Waals surface area contributed by atoms with E-state index in [-0.39, 0.29) is 5.56 Å². The molecule has 2 aromatic heterocycles. The Bertz CT molecular complexity index is 991. The van der Waals surface area contributed by atoms with Crippen LogP contribution in [0.15, 0.2) is 29.2 Å². The minimum Gasteiger partial charge on any atom is -0.352 e. The van der Waals surface area contributed by atoms with Gasteiger partial charge in [0.25, 0.3) is 5.56 Å². The fraction of sp³-hybridized carbons (Fsp3) is 0.389. The number of fused-ring (bicyclic) bond motifs is 1. The van der Waals surface area contributed by atoms with Gasteiger partial charge in [0.05, 0.1) is 22.3 Å². The largest absolute Gasteiger partial charge is 0.352 e. The number of rotatable bonds is 4. The van der Waals surface area contributed by atoms with Gasteiger partial charge in [-0.3, -0.25) is 14.5 Å². The van der Waals surface area contributed by atoms with Crippen molar-refractivity contribution in [3.05, 3.63) is 50.4 Å². The Balaban J connectivity index is 1.57. The topological polar surface area (TPSA) is 75.6 Å². The summed E-state index contributed by atoms with van der Waals surface area (Å²) in [5.74, 6) is 0.414. The van der Waals surface area contributed by atoms with E-state index in [1.807, 2.05) is 10.7 Å². The zero-order chi connectivity index (χ0) is 18.1. The molecule has 0 amide bonds. The maximum absolute atomic E-state index is 12.6. The number of aromatic nitrogens is 4. The van der Waals surface area contributed by atoms with Crippen molar-refractivity contribution in [3.63, 3.8) is 0 Å². The van der Waals surface area contributed by atoms with E-state index < -0.39 is 0 Å². The van der Waals surface area contributed by atoms with Crippen LogP contribution >= 0.6 is 23.2 Å². The first-order valence-corrected chi connectivity index (χ1v) is 9.53. The molecule has 2 heterocycles. The third-order valence-electron chi connectivity index (χ3n) is 4.82. The minimum absolute atomic E-state index is 0.172. The number of hydrogen-bond donors (Lipinski definition) is 2. The summed E-state index contributed by atoms with van der Waals surface area (Å²) in [7, 11) is 0. The molecule has 0 unspecified atom stereocenters. The molecule has 0 aliphatic heterocycles. The highest BCUT2D eigenvalue weighted by Gasteiger charge is 2.20. The lowest BCUT2D eigenvalue weighted by Gasteiger charge is -2.22. The monoisotopic (exact) mass is 391 g/mol. The van der Waals surface area contributed by atoms with Gasteiger partial charge in [-0.25, -0.2) is 4.98 Å². The summed E-state index contributed by atoms with van der Waals surface area (Å²) in [4.78, 5) is 19.9. The number of nitrogens with one attached hydrogen (secondary N) is 2. The van der Waals surface area contributed by atoms with Crippen molar-refractivity contribution >= 4 is 40.2 Å². The maximum atomic E-state index is 12.6. The Kier molecular flexibility index (Phi) is 4.87. The first-order chi connectivity index (χ1) is 12.6. The zero-order valence-corrected chi connectivity index (χ0v) is 15.6. The molecular formula is C18H19Cl2N5O. The highest BCUT2D eigenvalue weighted by molar-refractivity contribution is 6.42. The molecule has 1 fully saturated rings. The average molecular weight is 392 g/mol. The highest BCUT2D eigenvalue weighted by Crippen LogP contribution is 2.29. The number of benzene rings is 1. The van der Waals surface area contributed by atoms with Gasteiger partial charge >= 0.3 is 0 Å². The van der Waals surface area contributed by atoms with E-state index in [9.17, 15) is 4.79 Å². The van der Waals surface area contributed by atoms with Crippen LogP contribution in [0.25, 0.3) is 11.0 Å². The molecule has 2 N–H and O–H groups in total. The predicted molar refractivity (Wildman–Crippen MR) is 104 cm³/mol. The van der Waals surface area contributed by atoms with E-state index in [4.69, 9.17) is 23.2 Å². The summed E-state index contributed by atoms with van der Waals surface area (Å²) in [5, 5.41) is 8.57. The Morgan fingerprint density at radius 3 is 2.77 bits per heavy atom. The van der Waals surface area contributed by atoms with Crippen LogP contribution in [0.1, 0.15) is 43.7 Å². The minimum atomic E-state index is -0.172. The van der Waals surface area contributed by atoms with Crippen molar-refractivity contribution in [1.29, 1.82) is 0 Å². The Labute approximate surface area is 160 Å². The Morgan fingerprint density at radius 2 is 2.00 bits per heavy atom. The van der Waals surface area contributed by atoms with Crippen LogP contribution in [0.3, 0.4) is 0 Å². The molecule has 0 spiro atoms. The standard InChI is InChI=1S/C18H19Cl2N5O/c19-13-7-6-11(8-14(13)20)9-21-18-23-15-10-22-25(16(15)17(26)24-18)12-4-2-1-3-5-12/h6-8,10,12H,1-5,9H2,(H2,21,23,24,26). The van der Waals surface area contributed by atoms with Crippen LogP contribution in [-0.4, -0.2) is 19.7 Å². The van der Waals surface area contributed by atoms with Crippen LogP contribution in [-0.2, 0) is 6.54 Å². The fourth-order valence-corrected chi connectivity index (χ4v) is 3.81. The summed E-state index contributed by atoms with van der Waals surface area (Å²) in [6, 6.07) is 5.70. The highest BCUT2D eigenvalue weighted by atomic mass is 35.5. The van der Waals surface area contributed by atoms with Crippen LogP contribution in [0.4, 0.5) is 5.95 Å². The predicted octanol–water partition coefficient (Wildman–Crippen LogP) is 4.54. The van der Waals surface area contributed by atoms with Gasteiger partial charge in [-0.05, 0) is 30.5 Å². The average Bonchev–Trinajstić information content (AvgIpc) is 3.08. The van der Waals surface area contributed by atoms with E-state index >= 15 is 0 Å². The van der Waals surface area contributed by atoms with Gasteiger partial charge in [0.15, 0.2) is 5.52 Å². The van der Waals surface area contributed by atoms with E-state index in [0.29, 0.717) is 39.6 Å². The normalized spacial score (nSPS) is 15.5. The fourth-order valence-electron chi connectivity index (χ4n) is 3.49. The summed E-state index contributed by atoms with van der Waals surface area (Å²) in [6.07, 6.45) is 7.42. The van der Waals surface area contributed by atoms with Gasteiger partial charge in [0, 0.05) is 6.54 Å². The number of hydrogen-bond acceptors (Lipinski definition) is 4. The molecular weight excluding hydrogens is 373 g/mol. The van der Waals surface area contributed by atoms with Crippen molar-refractivity contribution in [2.75, 3.05) is 5.32 Å². The molecule has 1 saturated carbocycles. The second-order valence-corrected chi connectivity index (χ2v) is 7.45. The zero-order valence-electron chi connectivity index (χ0n) is 14.1.